The topological polar surface area (TPSA) is 21.3 Å². The van der Waals surface area contributed by atoms with E-state index in [9.17, 15) is 0 Å². The molecular weight excluding hydrogens is 210 g/mol. The molecule has 2 aliphatic rings. The summed E-state index contributed by atoms with van der Waals surface area (Å²) in [6, 6.07) is 0.599. The number of rotatable bonds is 3. The second kappa shape index (κ2) is 5.71. The van der Waals surface area contributed by atoms with E-state index in [4.69, 9.17) is 4.74 Å². The molecule has 0 aromatic heterocycles. The standard InChI is InChI=1S/C15H29NO/c1-4-5-6-14-15(17-8-7-16-14)10-12(2)9-13(3)11-15/h12-14,16H,4-11H2,1-3H3. The summed E-state index contributed by atoms with van der Waals surface area (Å²) in [5.41, 5.74) is 0.157. The minimum absolute atomic E-state index is 0.157. The fourth-order valence-corrected chi connectivity index (χ4v) is 4.07. The van der Waals surface area contributed by atoms with Crippen LogP contribution in [0.5, 0.6) is 0 Å². The molecule has 1 N–H and O–H groups in total. The van der Waals surface area contributed by atoms with E-state index in [0.717, 1.165) is 25.0 Å². The largest absolute Gasteiger partial charge is 0.372 e. The molecule has 1 aliphatic heterocycles. The second-order valence-electron chi connectivity index (χ2n) is 6.42. The highest BCUT2D eigenvalue weighted by Gasteiger charge is 2.46. The maximum absolute atomic E-state index is 6.29. The highest BCUT2D eigenvalue weighted by Crippen LogP contribution is 2.42. The summed E-state index contributed by atoms with van der Waals surface area (Å²) in [6.07, 6.45) is 7.81. The lowest BCUT2D eigenvalue weighted by Gasteiger charge is -2.50. The van der Waals surface area contributed by atoms with Crippen LogP contribution in [-0.2, 0) is 4.74 Å². The summed E-state index contributed by atoms with van der Waals surface area (Å²) < 4.78 is 6.29. The fourth-order valence-electron chi connectivity index (χ4n) is 4.07. The van der Waals surface area contributed by atoms with Crippen LogP contribution in [-0.4, -0.2) is 24.8 Å². The van der Waals surface area contributed by atoms with E-state index in [-0.39, 0.29) is 5.60 Å². The van der Waals surface area contributed by atoms with E-state index < -0.39 is 0 Å². The summed E-state index contributed by atoms with van der Waals surface area (Å²) in [5.74, 6) is 1.64. The molecule has 1 aliphatic carbocycles. The Balaban J connectivity index is 2.06. The van der Waals surface area contributed by atoms with Gasteiger partial charge in [-0.15, -0.1) is 0 Å². The monoisotopic (exact) mass is 239 g/mol. The quantitative estimate of drug-likeness (QED) is 0.815. The minimum Gasteiger partial charge on any atom is -0.372 e. The molecule has 0 amide bonds. The van der Waals surface area contributed by atoms with Crippen LogP contribution in [0.25, 0.3) is 0 Å². The summed E-state index contributed by atoms with van der Waals surface area (Å²) in [7, 11) is 0. The van der Waals surface area contributed by atoms with Crippen molar-refractivity contribution in [2.75, 3.05) is 13.2 Å². The summed E-state index contributed by atoms with van der Waals surface area (Å²) in [6.45, 7) is 9.02. The Kier molecular flexibility index (Phi) is 4.48. The van der Waals surface area contributed by atoms with Gasteiger partial charge in [0.1, 0.15) is 0 Å². The first-order chi connectivity index (χ1) is 8.16. The summed E-state index contributed by atoms with van der Waals surface area (Å²) in [4.78, 5) is 0. The zero-order valence-corrected chi connectivity index (χ0v) is 11.8. The SMILES string of the molecule is CCCCC1NCCOC12CC(C)CC(C)C2. The predicted molar refractivity (Wildman–Crippen MR) is 72.2 cm³/mol. The molecule has 17 heavy (non-hydrogen) atoms. The average molecular weight is 239 g/mol. The van der Waals surface area contributed by atoms with E-state index in [2.05, 4.69) is 26.1 Å². The van der Waals surface area contributed by atoms with Crippen molar-refractivity contribution in [3.63, 3.8) is 0 Å². The van der Waals surface area contributed by atoms with E-state index in [1.807, 2.05) is 0 Å². The summed E-state index contributed by atoms with van der Waals surface area (Å²) in [5, 5.41) is 3.73. The molecule has 0 aromatic carbocycles. The molecule has 2 fully saturated rings. The summed E-state index contributed by atoms with van der Waals surface area (Å²) >= 11 is 0. The molecule has 0 aromatic rings. The second-order valence-corrected chi connectivity index (χ2v) is 6.42. The molecule has 2 heteroatoms. The number of nitrogens with one attached hydrogen (secondary N) is 1. The van der Waals surface area contributed by atoms with Gasteiger partial charge >= 0.3 is 0 Å². The van der Waals surface area contributed by atoms with Crippen LogP contribution in [0.4, 0.5) is 0 Å². The molecule has 100 valence electrons. The molecule has 3 atom stereocenters. The van der Waals surface area contributed by atoms with Crippen molar-refractivity contribution in [3.8, 4) is 0 Å². The number of morpholine rings is 1. The van der Waals surface area contributed by atoms with E-state index in [1.54, 1.807) is 0 Å². The Labute approximate surface area is 107 Å². The highest BCUT2D eigenvalue weighted by molar-refractivity contribution is 5.00. The Morgan fingerprint density at radius 1 is 1.24 bits per heavy atom. The van der Waals surface area contributed by atoms with Crippen molar-refractivity contribution in [3.05, 3.63) is 0 Å². The molecule has 1 saturated heterocycles. The highest BCUT2D eigenvalue weighted by atomic mass is 16.5. The van der Waals surface area contributed by atoms with Crippen molar-refractivity contribution in [2.45, 2.75) is 70.9 Å². The molecule has 0 bridgehead atoms. The normalized spacial score (nSPS) is 42.9. The molecule has 1 spiro atoms. The zero-order chi connectivity index (χ0) is 12.3. The molecular formula is C15H29NO. The zero-order valence-electron chi connectivity index (χ0n) is 11.8. The predicted octanol–water partition coefficient (Wildman–Crippen LogP) is 3.36. The van der Waals surface area contributed by atoms with Crippen molar-refractivity contribution >= 4 is 0 Å². The van der Waals surface area contributed by atoms with Crippen molar-refractivity contribution in [1.29, 1.82) is 0 Å². The van der Waals surface area contributed by atoms with Gasteiger partial charge in [0.25, 0.3) is 0 Å². The van der Waals surface area contributed by atoms with Gasteiger partial charge in [-0.25, -0.2) is 0 Å². The third-order valence-electron chi connectivity index (χ3n) is 4.56. The van der Waals surface area contributed by atoms with Gasteiger partial charge in [-0.05, 0) is 37.5 Å². The first-order valence-electron chi connectivity index (χ1n) is 7.53. The molecule has 1 heterocycles. The van der Waals surface area contributed by atoms with Crippen LogP contribution >= 0.6 is 0 Å². The van der Waals surface area contributed by atoms with Crippen LogP contribution in [0, 0.1) is 11.8 Å². The van der Waals surface area contributed by atoms with Gasteiger partial charge in [0.15, 0.2) is 0 Å². The Morgan fingerprint density at radius 3 is 2.59 bits per heavy atom. The van der Waals surface area contributed by atoms with Crippen LogP contribution in [0.2, 0.25) is 0 Å². The minimum atomic E-state index is 0.157. The number of hydrogen-bond acceptors (Lipinski definition) is 2. The van der Waals surface area contributed by atoms with Crippen LogP contribution in [0.1, 0.15) is 59.3 Å². The van der Waals surface area contributed by atoms with Gasteiger partial charge in [-0.2, -0.15) is 0 Å². The van der Waals surface area contributed by atoms with Gasteiger partial charge in [-0.1, -0.05) is 33.6 Å². The maximum atomic E-state index is 6.29. The lowest BCUT2D eigenvalue weighted by molar-refractivity contribution is -0.138. The molecule has 1 saturated carbocycles. The first kappa shape index (κ1) is 13.4. The average Bonchev–Trinajstić information content (AvgIpc) is 2.26. The Bertz CT molecular complexity index is 231. The van der Waals surface area contributed by atoms with Crippen LogP contribution in [0.15, 0.2) is 0 Å². The Morgan fingerprint density at radius 2 is 1.94 bits per heavy atom. The molecule has 0 radical (unpaired) electrons. The van der Waals surface area contributed by atoms with E-state index >= 15 is 0 Å². The van der Waals surface area contributed by atoms with Crippen molar-refractivity contribution in [1.82, 2.24) is 5.32 Å². The van der Waals surface area contributed by atoms with Gasteiger partial charge in [0.05, 0.1) is 12.2 Å². The number of ether oxygens (including phenoxy) is 1. The van der Waals surface area contributed by atoms with Crippen LogP contribution in [0.3, 0.4) is 0 Å². The maximum Gasteiger partial charge on any atom is 0.0840 e. The van der Waals surface area contributed by atoms with Crippen molar-refractivity contribution < 1.29 is 4.74 Å². The first-order valence-corrected chi connectivity index (χ1v) is 7.53. The molecule has 2 rings (SSSR count). The van der Waals surface area contributed by atoms with Gasteiger partial charge in [-0.3, -0.25) is 0 Å². The van der Waals surface area contributed by atoms with E-state index in [0.29, 0.717) is 6.04 Å². The third kappa shape index (κ3) is 3.03. The van der Waals surface area contributed by atoms with Gasteiger partial charge < -0.3 is 10.1 Å². The Hall–Kier alpha value is -0.0800. The third-order valence-corrected chi connectivity index (χ3v) is 4.56. The lowest BCUT2D eigenvalue weighted by Crippen LogP contribution is -2.60. The fraction of sp³-hybridized carbons (Fsp3) is 1.00. The van der Waals surface area contributed by atoms with Gasteiger partial charge in [0.2, 0.25) is 0 Å². The molecule has 2 nitrogen and oxygen atoms in total. The van der Waals surface area contributed by atoms with Gasteiger partial charge in [0, 0.05) is 12.6 Å². The lowest BCUT2D eigenvalue weighted by atomic mass is 9.69. The van der Waals surface area contributed by atoms with Crippen LogP contribution < -0.4 is 5.32 Å². The number of hydrogen-bond donors (Lipinski definition) is 1. The smallest absolute Gasteiger partial charge is 0.0840 e. The molecule has 3 unspecified atom stereocenters. The van der Waals surface area contributed by atoms with Crippen molar-refractivity contribution in [2.24, 2.45) is 11.8 Å². The van der Waals surface area contributed by atoms with E-state index in [1.165, 1.54) is 38.5 Å². The number of unbranched alkanes of at least 4 members (excludes halogenated alkanes) is 1.